The van der Waals surface area contributed by atoms with E-state index in [4.69, 9.17) is 5.73 Å². The third-order valence-corrected chi connectivity index (χ3v) is 4.16. The Bertz CT molecular complexity index is 321. The first kappa shape index (κ1) is 12.8. The summed E-state index contributed by atoms with van der Waals surface area (Å²) in [5, 5.41) is 0. The SMILES string of the molecule is CC(C)(C)C1C=CN=CC1(CN)N1CCCC1. The lowest BCUT2D eigenvalue weighted by Crippen LogP contribution is -2.62. The van der Waals surface area contributed by atoms with E-state index < -0.39 is 0 Å². The lowest BCUT2D eigenvalue weighted by Gasteiger charge is -2.49. The van der Waals surface area contributed by atoms with E-state index in [1.54, 1.807) is 0 Å². The molecule has 0 aliphatic carbocycles. The summed E-state index contributed by atoms with van der Waals surface area (Å²) in [5.41, 5.74) is 6.29. The number of nitrogens with two attached hydrogens (primary N) is 1. The molecule has 0 saturated carbocycles. The van der Waals surface area contributed by atoms with Gasteiger partial charge in [-0.05, 0) is 31.3 Å². The van der Waals surface area contributed by atoms with E-state index in [9.17, 15) is 0 Å². The van der Waals surface area contributed by atoms with E-state index in [0.29, 0.717) is 12.5 Å². The summed E-state index contributed by atoms with van der Waals surface area (Å²) in [4.78, 5) is 6.92. The van der Waals surface area contributed by atoms with E-state index >= 15 is 0 Å². The van der Waals surface area contributed by atoms with Gasteiger partial charge < -0.3 is 5.73 Å². The summed E-state index contributed by atoms with van der Waals surface area (Å²) in [5.74, 6) is 0.440. The predicted molar refractivity (Wildman–Crippen MR) is 73.2 cm³/mol. The molecule has 96 valence electrons. The van der Waals surface area contributed by atoms with Crippen LogP contribution >= 0.6 is 0 Å². The molecule has 0 bridgehead atoms. The fraction of sp³-hybridized carbons (Fsp3) is 0.786. The Morgan fingerprint density at radius 3 is 2.53 bits per heavy atom. The maximum absolute atomic E-state index is 6.14. The zero-order valence-corrected chi connectivity index (χ0v) is 11.3. The quantitative estimate of drug-likeness (QED) is 0.796. The molecule has 2 heterocycles. The standard InChI is InChI=1S/C14H25N3/c1-13(2,3)12-6-7-16-11-14(12,10-15)17-8-4-5-9-17/h6-7,11-12H,4-5,8-10,15H2,1-3H3. The molecule has 0 radical (unpaired) electrons. The molecule has 3 nitrogen and oxygen atoms in total. The first-order chi connectivity index (χ1) is 8.00. The fourth-order valence-corrected chi connectivity index (χ4v) is 3.31. The highest BCUT2D eigenvalue weighted by atomic mass is 15.2. The van der Waals surface area contributed by atoms with Gasteiger partial charge in [0.15, 0.2) is 0 Å². The van der Waals surface area contributed by atoms with Crippen LogP contribution in [0.1, 0.15) is 33.6 Å². The van der Waals surface area contributed by atoms with Crippen LogP contribution in [0.2, 0.25) is 0 Å². The fourth-order valence-electron chi connectivity index (χ4n) is 3.31. The van der Waals surface area contributed by atoms with Gasteiger partial charge in [-0.25, -0.2) is 0 Å². The van der Waals surface area contributed by atoms with Gasteiger partial charge >= 0.3 is 0 Å². The van der Waals surface area contributed by atoms with Gasteiger partial charge in [0.1, 0.15) is 0 Å². The van der Waals surface area contributed by atoms with E-state index in [2.05, 4.69) is 43.0 Å². The van der Waals surface area contributed by atoms with Crippen LogP contribution in [0.3, 0.4) is 0 Å². The second-order valence-corrected chi connectivity index (χ2v) is 6.35. The van der Waals surface area contributed by atoms with Crippen molar-refractivity contribution in [3.63, 3.8) is 0 Å². The van der Waals surface area contributed by atoms with Gasteiger partial charge in [-0.3, -0.25) is 9.89 Å². The Balaban J connectivity index is 2.35. The Hall–Kier alpha value is -0.670. The molecule has 1 saturated heterocycles. The van der Waals surface area contributed by atoms with Crippen molar-refractivity contribution in [2.45, 2.75) is 39.2 Å². The highest BCUT2D eigenvalue weighted by Gasteiger charge is 2.47. The van der Waals surface area contributed by atoms with E-state index in [1.807, 2.05) is 6.20 Å². The van der Waals surface area contributed by atoms with Gasteiger partial charge in [0.2, 0.25) is 0 Å². The molecule has 2 N–H and O–H groups in total. The summed E-state index contributed by atoms with van der Waals surface area (Å²) in [6.45, 7) is 9.85. The highest BCUT2D eigenvalue weighted by Crippen LogP contribution is 2.40. The van der Waals surface area contributed by atoms with Crippen molar-refractivity contribution in [2.24, 2.45) is 22.1 Å². The van der Waals surface area contributed by atoms with Crippen molar-refractivity contribution in [3.05, 3.63) is 12.3 Å². The van der Waals surface area contributed by atoms with Crippen LogP contribution in [0.4, 0.5) is 0 Å². The number of hydrogen-bond donors (Lipinski definition) is 1. The highest BCUT2D eigenvalue weighted by molar-refractivity contribution is 5.74. The monoisotopic (exact) mass is 235 g/mol. The minimum atomic E-state index is -0.0660. The third kappa shape index (κ3) is 2.18. The molecule has 2 aliphatic heterocycles. The molecule has 0 spiro atoms. The number of hydrogen-bond acceptors (Lipinski definition) is 3. The normalized spacial score (nSPS) is 34.5. The second-order valence-electron chi connectivity index (χ2n) is 6.35. The Labute approximate surface area is 105 Å². The maximum atomic E-state index is 6.14. The third-order valence-electron chi connectivity index (χ3n) is 4.16. The van der Waals surface area contributed by atoms with Crippen molar-refractivity contribution in [2.75, 3.05) is 19.6 Å². The maximum Gasteiger partial charge on any atom is 0.0756 e. The van der Waals surface area contributed by atoms with Crippen LogP contribution in [-0.4, -0.2) is 36.3 Å². The van der Waals surface area contributed by atoms with Crippen molar-refractivity contribution < 1.29 is 0 Å². The lowest BCUT2D eigenvalue weighted by molar-refractivity contribution is 0.0857. The zero-order chi connectivity index (χ0) is 12.5. The van der Waals surface area contributed by atoms with Gasteiger partial charge in [0, 0.05) is 24.9 Å². The predicted octanol–water partition coefficient (Wildman–Crippen LogP) is 2.04. The largest absolute Gasteiger partial charge is 0.328 e. The van der Waals surface area contributed by atoms with Crippen LogP contribution < -0.4 is 5.73 Å². The molecule has 0 amide bonds. The van der Waals surface area contributed by atoms with E-state index in [1.165, 1.54) is 12.8 Å². The number of likely N-dealkylation sites (tertiary alicyclic amines) is 1. The van der Waals surface area contributed by atoms with Crippen molar-refractivity contribution in [1.29, 1.82) is 0 Å². The first-order valence-electron chi connectivity index (χ1n) is 6.67. The van der Waals surface area contributed by atoms with Gasteiger partial charge in [-0.2, -0.15) is 0 Å². The molecule has 17 heavy (non-hydrogen) atoms. The zero-order valence-electron chi connectivity index (χ0n) is 11.3. The average molecular weight is 235 g/mol. The summed E-state index contributed by atoms with van der Waals surface area (Å²) in [7, 11) is 0. The van der Waals surface area contributed by atoms with E-state index in [-0.39, 0.29) is 11.0 Å². The molecule has 2 rings (SSSR count). The molecule has 2 atom stereocenters. The molecule has 0 aromatic heterocycles. The first-order valence-corrected chi connectivity index (χ1v) is 6.67. The summed E-state index contributed by atoms with van der Waals surface area (Å²) >= 11 is 0. The Morgan fingerprint density at radius 1 is 1.35 bits per heavy atom. The van der Waals surface area contributed by atoms with Crippen LogP contribution in [0.5, 0.6) is 0 Å². The van der Waals surface area contributed by atoms with Crippen LogP contribution in [0.25, 0.3) is 0 Å². The van der Waals surface area contributed by atoms with Crippen LogP contribution in [0.15, 0.2) is 17.3 Å². The van der Waals surface area contributed by atoms with Crippen molar-refractivity contribution in [1.82, 2.24) is 4.90 Å². The number of rotatable bonds is 2. The number of nitrogens with zero attached hydrogens (tertiary/aromatic N) is 2. The van der Waals surface area contributed by atoms with Crippen molar-refractivity contribution >= 4 is 6.21 Å². The molecule has 3 heteroatoms. The molecule has 2 aliphatic rings. The summed E-state index contributed by atoms with van der Waals surface area (Å²) in [6, 6.07) is 0. The van der Waals surface area contributed by atoms with Crippen LogP contribution in [0, 0.1) is 11.3 Å². The molecular weight excluding hydrogens is 210 g/mol. The minimum absolute atomic E-state index is 0.0660. The van der Waals surface area contributed by atoms with Gasteiger partial charge in [0.05, 0.1) is 5.54 Å². The van der Waals surface area contributed by atoms with Crippen molar-refractivity contribution in [3.8, 4) is 0 Å². The molecule has 0 aromatic carbocycles. The van der Waals surface area contributed by atoms with Gasteiger partial charge in [-0.15, -0.1) is 0 Å². The van der Waals surface area contributed by atoms with Crippen LogP contribution in [-0.2, 0) is 0 Å². The average Bonchev–Trinajstić information content (AvgIpc) is 2.81. The molecule has 1 fully saturated rings. The lowest BCUT2D eigenvalue weighted by atomic mass is 9.67. The Kier molecular flexibility index (Phi) is 3.41. The molecule has 2 unspecified atom stereocenters. The molecule has 0 aromatic rings. The topological polar surface area (TPSA) is 41.6 Å². The number of aliphatic imine (C=N–C) groups is 1. The summed E-state index contributed by atoms with van der Waals surface area (Å²) < 4.78 is 0. The van der Waals surface area contributed by atoms with Gasteiger partial charge in [0.25, 0.3) is 0 Å². The molecular formula is C14H25N3. The Morgan fingerprint density at radius 2 is 2.00 bits per heavy atom. The second kappa shape index (κ2) is 4.54. The van der Waals surface area contributed by atoms with E-state index in [0.717, 1.165) is 13.1 Å². The smallest absolute Gasteiger partial charge is 0.0756 e. The summed E-state index contributed by atoms with van der Waals surface area (Å²) in [6.07, 6.45) is 8.84. The van der Waals surface area contributed by atoms with Gasteiger partial charge in [-0.1, -0.05) is 26.8 Å². The minimum Gasteiger partial charge on any atom is -0.328 e.